The molecule has 0 saturated heterocycles. The molecule has 3 rings (SSSR count). The Labute approximate surface area is 140 Å². The van der Waals surface area contributed by atoms with Gasteiger partial charge in [-0.3, -0.25) is 9.59 Å². The van der Waals surface area contributed by atoms with E-state index in [1.807, 2.05) is 17.5 Å². The lowest BCUT2D eigenvalue weighted by Crippen LogP contribution is -2.11. The topological polar surface area (TPSA) is 99.1 Å². The van der Waals surface area contributed by atoms with Crippen LogP contribution in [0.2, 0.25) is 0 Å². The van der Waals surface area contributed by atoms with Gasteiger partial charge in [0.05, 0.1) is 10.3 Å². The van der Waals surface area contributed by atoms with Crippen LogP contribution in [-0.4, -0.2) is 16.7 Å². The number of anilines is 1. The summed E-state index contributed by atoms with van der Waals surface area (Å²) in [5, 5.41) is 2.73. The highest BCUT2D eigenvalue weighted by Crippen LogP contribution is 2.38. The molecule has 0 spiro atoms. The highest BCUT2D eigenvalue weighted by atomic mass is 32.1. The van der Waals surface area contributed by atoms with Crippen LogP contribution in [0, 0.1) is 0 Å². The molecule has 0 bridgehead atoms. The number of amides is 1. The first-order valence-corrected chi connectivity index (χ1v) is 8.40. The van der Waals surface area contributed by atoms with E-state index in [-0.39, 0.29) is 5.78 Å². The Kier molecular flexibility index (Phi) is 3.97. The number of carbonyl (C=O) groups is 2. The van der Waals surface area contributed by atoms with Gasteiger partial charge >= 0.3 is 0 Å². The number of fused-ring (bicyclic) bond motifs is 1. The van der Waals surface area contributed by atoms with Gasteiger partial charge in [-0.1, -0.05) is 0 Å². The zero-order chi connectivity index (χ0) is 16.6. The van der Waals surface area contributed by atoms with E-state index < -0.39 is 5.91 Å². The van der Waals surface area contributed by atoms with Crippen molar-refractivity contribution < 1.29 is 9.59 Å². The molecule has 7 heteroatoms. The predicted octanol–water partition coefficient (Wildman–Crippen LogP) is 3.31. The van der Waals surface area contributed by atoms with Gasteiger partial charge in [-0.15, -0.1) is 22.7 Å². The van der Waals surface area contributed by atoms with Crippen molar-refractivity contribution in [2.45, 2.75) is 6.92 Å². The van der Waals surface area contributed by atoms with Crippen LogP contribution in [0.5, 0.6) is 0 Å². The van der Waals surface area contributed by atoms with Crippen molar-refractivity contribution in [2.24, 2.45) is 5.73 Å². The van der Waals surface area contributed by atoms with E-state index in [4.69, 9.17) is 11.5 Å². The lowest BCUT2D eigenvalue weighted by molar-refractivity contribution is -0.112. The SMILES string of the molecule is CC(=O)/C=C/c1cc(-c2cc3c(N)ncc(C(N)=O)c3s2)cs1. The number of primary amides is 1. The first-order valence-electron chi connectivity index (χ1n) is 6.71. The fraction of sp³-hybridized carbons (Fsp3) is 0.0625. The molecule has 3 heterocycles. The summed E-state index contributed by atoms with van der Waals surface area (Å²) in [6, 6.07) is 3.90. The van der Waals surface area contributed by atoms with Crippen molar-refractivity contribution in [3.63, 3.8) is 0 Å². The summed E-state index contributed by atoms with van der Waals surface area (Å²) >= 11 is 2.99. The molecule has 4 N–H and O–H groups in total. The number of thiophene rings is 2. The molecule has 0 saturated carbocycles. The van der Waals surface area contributed by atoms with Gasteiger partial charge in [0.25, 0.3) is 5.91 Å². The summed E-state index contributed by atoms with van der Waals surface area (Å²) in [7, 11) is 0. The quantitative estimate of drug-likeness (QED) is 0.710. The minimum atomic E-state index is -0.522. The van der Waals surface area contributed by atoms with Crippen LogP contribution in [0.15, 0.2) is 29.8 Å². The molecular weight excluding hydrogens is 330 g/mol. The molecule has 0 radical (unpaired) electrons. The van der Waals surface area contributed by atoms with Crippen molar-refractivity contribution in [1.82, 2.24) is 4.98 Å². The molecule has 5 nitrogen and oxygen atoms in total. The zero-order valence-corrected chi connectivity index (χ0v) is 13.8. The fourth-order valence-electron chi connectivity index (χ4n) is 2.13. The second kappa shape index (κ2) is 5.94. The third-order valence-electron chi connectivity index (χ3n) is 3.24. The predicted molar refractivity (Wildman–Crippen MR) is 95.6 cm³/mol. The number of nitrogens with zero attached hydrogens (tertiary/aromatic N) is 1. The number of hydrogen-bond acceptors (Lipinski definition) is 6. The summed E-state index contributed by atoms with van der Waals surface area (Å²) in [6.07, 6.45) is 4.73. The number of aromatic nitrogens is 1. The number of nitrogen functional groups attached to an aromatic ring is 1. The number of hydrogen-bond donors (Lipinski definition) is 2. The second-order valence-corrected chi connectivity index (χ2v) is 6.95. The summed E-state index contributed by atoms with van der Waals surface area (Å²) in [5.41, 5.74) is 12.7. The van der Waals surface area contributed by atoms with Gasteiger partial charge in [-0.2, -0.15) is 0 Å². The first-order chi connectivity index (χ1) is 11.0. The molecule has 0 unspecified atom stereocenters. The van der Waals surface area contributed by atoms with Crippen molar-refractivity contribution in [3.05, 3.63) is 40.2 Å². The lowest BCUT2D eigenvalue weighted by atomic mass is 10.2. The maximum Gasteiger partial charge on any atom is 0.251 e. The van der Waals surface area contributed by atoms with Crippen molar-refractivity contribution in [2.75, 3.05) is 5.73 Å². The number of allylic oxidation sites excluding steroid dienone is 1. The molecule has 0 aliphatic carbocycles. The zero-order valence-electron chi connectivity index (χ0n) is 12.2. The number of nitrogens with two attached hydrogens (primary N) is 2. The average Bonchev–Trinajstić information content (AvgIpc) is 3.12. The van der Waals surface area contributed by atoms with Crippen LogP contribution in [-0.2, 0) is 4.79 Å². The number of rotatable bonds is 4. The fourth-order valence-corrected chi connectivity index (χ4v) is 4.17. The minimum absolute atomic E-state index is 0.00626. The van der Waals surface area contributed by atoms with Crippen LogP contribution < -0.4 is 11.5 Å². The molecule has 3 aromatic heterocycles. The highest BCUT2D eigenvalue weighted by Gasteiger charge is 2.15. The van der Waals surface area contributed by atoms with Gasteiger partial charge in [0.15, 0.2) is 5.78 Å². The Morgan fingerprint density at radius 3 is 2.78 bits per heavy atom. The lowest BCUT2D eigenvalue weighted by Gasteiger charge is -1.99. The van der Waals surface area contributed by atoms with Gasteiger partial charge in [0.2, 0.25) is 0 Å². The summed E-state index contributed by atoms with van der Waals surface area (Å²) in [5.74, 6) is -0.141. The molecular formula is C16H13N3O2S2. The van der Waals surface area contributed by atoms with Crippen molar-refractivity contribution >= 4 is 56.3 Å². The van der Waals surface area contributed by atoms with E-state index in [2.05, 4.69) is 4.98 Å². The van der Waals surface area contributed by atoms with Crippen LogP contribution in [0.25, 0.3) is 26.6 Å². The molecule has 23 heavy (non-hydrogen) atoms. The Bertz CT molecular complexity index is 954. The largest absolute Gasteiger partial charge is 0.383 e. The van der Waals surface area contributed by atoms with Gasteiger partial charge in [0.1, 0.15) is 5.82 Å². The minimum Gasteiger partial charge on any atom is -0.383 e. The third-order valence-corrected chi connectivity index (χ3v) is 5.35. The maximum atomic E-state index is 11.5. The number of ketones is 1. The molecule has 0 aliphatic rings. The van der Waals surface area contributed by atoms with Crippen LogP contribution in [0.1, 0.15) is 22.2 Å². The number of pyridine rings is 1. The molecule has 1 amide bonds. The summed E-state index contributed by atoms with van der Waals surface area (Å²) in [4.78, 5) is 28.5. The van der Waals surface area contributed by atoms with E-state index in [0.29, 0.717) is 11.4 Å². The molecule has 0 aliphatic heterocycles. The van der Waals surface area contributed by atoms with Gasteiger partial charge < -0.3 is 11.5 Å². The van der Waals surface area contributed by atoms with Crippen LogP contribution in [0.4, 0.5) is 5.82 Å². The van der Waals surface area contributed by atoms with E-state index in [1.54, 1.807) is 17.4 Å². The molecule has 0 aromatic carbocycles. The van der Waals surface area contributed by atoms with Crippen LogP contribution in [0.3, 0.4) is 0 Å². The number of carbonyl (C=O) groups excluding carboxylic acids is 2. The average molecular weight is 343 g/mol. The smallest absolute Gasteiger partial charge is 0.251 e. The van der Waals surface area contributed by atoms with Gasteiger partial charge in [-0.25, -0.2) is 4.98 Å². The third kappa shape index (κ3) is 3.01. The van der Waals surface area contributed by atoms with Gasteiger partial charge in [-0.05, 0) is 36.6 Å². The second-order valence-electron chi connectivity index (χ2n) is 4.96. The standard InChI is InChI=1S/C16H13N3O2S2/c1-8(20)2-3-10-4-9(7-22-10)13-5-11-14(23-13)12(16(18)21)6-19-15(11)17/h2-7H,1H3,(H2,17,19)(H2,18,21)/b3-2+. The van der Waals surface area contributed by atoms with Crippen LogP contribution >= 0.6 is 22.7 Å². The van der Waals surface area contributed by atoms with E-state index in [0.717, 1.165) is 25.4 Å². The summed E-state index contributed by atoms with van der Waals surface area (Å²) in [6.45, 7) is 1.51. The Morgan fingerprint density at radius 1 is 1.30 bits per heavy atom. The van der Waals surface area contributed by atoms with E-state index >= 15 is 0 Å². The van der Waals surface area contributed by atoms with Crippen molar-refractivity contribution in [1.29, 1.82) is 0 Å². The Balaban J connectivity index is 2.07. The molecule has 116 valence electrons. The monoisotopic (exact) mass is 343 g/mol. The molecule has 3 aromatic rings. The van der Waals surface area contributed by atoms with Gasteiger partial charge in [0, 0.05) is 26.9 Å². The van der Waals surface area contributed by atoms with Crippen molar-refractivity contribution in [3.8, 4) is 10.4 Å². The maximum absolute atomic E-state index is 11.5. The highest BCUT2D eigenvalue weighted by molar-refractivity contribution is 7.23. The summed E-state index contributed by atoms with van der Waals surface area (Å²) < 4.78 is 0.743. The molecule has 0 fully saturated rings. The van der Waals surface area contributed by atoms with E-state index in [9.17, 15) is 9.59 Å². The molecule has 0 atom stereocenters. The Morgan fingerprint density at radius 2 is 2.09 bits per heavy atom. The Hall–Kier alpha value is -2.51. The normalized spacial score (nSPS) is 11.3. The first kappa shape index (κ1) is 15.4. The van der Waals surface area contributed by atoms with E-state index in [1.165, 1.54) is 30.5 Å².